The van der Waals surface area contributed by atoms with E-state index in [1.165, 1.54) is 18.4 Å². The van der Waals surface area contributed by atoms with Gasteiger partial charge in [-0.15, -0.1) is 24.0 Å². The zero-order valence-corrected chi connectivity index (χ0v) is 17.0. The van der Waals surface area contributed by atoms with E-state index in [-0.39, 0.29) is 29.4 Å². The molecular formula is C19H30IN3O. The first-order chi connectivity index (χ1) is 11.3. The average Bonchev–Trinajstić information content (AvgIpc) is 3.15. The van der Waals surface area contributed by atoms with Crippen molar-refractivity contribution in [2.45, 2.75) is 38.0 Å². The molecule has 1 N–H and O–H groups in total. The van der Waals surface area contributed by atoms with Crippen LogP contribution in [0.5, 0.6) is 0 Å². The lowest BCUT2D eigenvalue weighted by Crippen LogP contribution is -2.42. The van der Waals surface area contributed by atoms with Gasteiger partial charge in [0, 0.05) is 38.3 Å². The van der Waals surface area contributed by atoms with E-state index in [4.69, 9.17) is 9.73 Å². The largest absolute Gasteiger partial charge is 0.381 e. The summed E-state index contributed by atoms with van der Waals surface area (Å²) in [5.41, 5.74) is 1.53. The minimum atomic E-state index is 0. The lowest BCUT2D eigenvalue weighted by Gasteiger charge is -2.37. The Morgan fingerprint density at radius 1 is 1.17 bits per heavy atom. The summed E-state index contributed by atoms with van der Waals surface area (Å²) in [6.45, 7) is 7.86. The maximum Gasteiger partial charge on any atom is 0.193 e. The fourth-order valence-corrected chi connectivity index (χ4v) is 3.67. The molecule has 0 radical (unpaired) electrons. The first kappa shape index (κ1) is 19.5. The van der Waals surface area contributed by atoms with Crippen molar-refractivity contribution in [1.29, 1.82) is 0 Å². The summed E-state index contributed by atoms with van der Waals surface area (Å²) in [5, 5.41) is 3.48. The third-order valence-electron chi connectivity index (χ3n) is 5.11. The predicted octanol–water partition coefficient (Wildman–Crippen LogP) is 3.41. The van der Waals surface area contributed by atoms with Crippen molar-refractivity contribution in [3.05, 3.63) is 35.9 Å². The van der Waals surface area contributed by atoms with E-state index in [9.17, 15) is 0 Å². The smallest absolute Gasteiger partial charge is 0.193 e. The van der Waals surface area contributed by atoms with Gasteiger partial charge in [-0.3, -0.25) is 4.99 Å². The third-order valence-corrected chi connectivity index (χ3v) is 5.11. The van der Waals surface area contributed by atoms with Gasteiger partial charge < -0.3 is 15.0 Å². The molecule has 2 aliphatic rings. The Hall–Kier alpha value is -0.820. The number of halogens is 1. The fourth-order valence-electron chi connectivity index (χ4n) is 3.67. The SMILES string of the molecule is CCNC(=NCC1(c2ccccc2)CCOCC1)N1CCCC1.I. The van der Waals surface area contributed by atoms with Crippen LogP contribution in [-0.2, 0) is 10.2 Å². The molecule has 0 saturated carbocycles. The molecule has 0 amide bonds. The molecule has 1 aromatic rings. The molecule has 2 aliphatic heterocycles. The molecule has 4 nitrogen and oxygen atoms in total. The van der Waals surface area contributed by atoms with Crippen molar-refractivity contribution >= 4 is 29.9 Å². The Labute approximate surface area is 163 Å². The molecule has 1 aromatic carbocycles. The molecule has 0 aliphatic carbocycles. The minimum absolute atomic E-state index is 0. The number of nitrogens with one attached hydrogen (secondary N) is 1. The van der Waals surface area contributed by atoms with Crippen LogP contribution >= 0.6 is 24.0 Å². The van der Waals surface area contributed by atoms with Gasteiger partial charge in [0.25, 0.3) is 0 Å². The van der Waals surface area contributed by atoms with E-state index >= 15 is 0 Å². The first-order valence-electron chi connectivity index (χ1n) is 9.01. The molecule has 24 heavy (non-hydrogen) atoms. The van der Waals surface area contributed by atoms with Crippen molar-refractivity contribution in [1.82, 2.24) is 10.2 Å². The zero-order valence-electron chi connectivity index (χ0n) is 14.7. The quantitative estimate of drug-likeness (QED) is 0.440. The second-order valence-electron chi connectivity index (χ2n) is 6.62. The zero-order chi connectivity index (χ0) is 16.0. The lowest BCUT2D eigenvalue weighted by atomic mass is 9.74. The highest BCUT2D eigenvalue weighted by molar-refractivity contribution is 14.0. The van der Waals surface area contributed by atoms with Crippen LogP contribution in [0.1, 0.15) is 38.2 Å². The van der Waals surface area contributed by atoms with Gasteiger partial charge >= 0.3 is 0 Å². The summed E-state index contributed by atoms with van der Waals surface area (Å²) in [6, 6.07) is 10.9. The summed E-state index contributed by atoms with van der Waals surface area (Å²) >= 11 is 0. The van der Waals surface area contributed by atoms with Crippen molar-refractivity contribution in [2.24, 2.45) is 4.99 Å². The second kappa shape index (κ2) is 9.61. The number of aliphatic imine (C=N–C) groups is 1. The molecule has 134 valence electrons. The van der Waals surface area contributed by atoms with Gasteiger partial charge in [0.2, 0.25) is 0 Å². The fraction of sp³-hybridized carbons (Fsp3) is 0.632. The van der Waals surface area contributed by atoms with Gasteiger partial charge in [-0.05, 0) is 38.2 Å². The molecule has 3 rings (SSSR count). The molecule has 5 heteroatoms. The first-order valence-corrected chi connectivity index (χ1v) is 9.01. The highest BCUT2D eigenvalue weighted by atomic mass is 127. The Balaban J connectivity index is 0.00000208. The predicted molar refractivity (Wildman–Crippen MR) is 110 cm³/mol. The molecule has 2 saturated heterocycles. The van der Waals surface area contributed by atoms with E-state index in [0.29, 0.717) is 0 Å². The Kier molecular flexibility index (Phi) is 7.81. The molecule has 2 heterocycles. The average molecular weight is 443 g/mol. The molecule has 0 unspecified atom stereocenters. The van der Waals surface area contributed by atoms with E-state index < -0.39 is 0 Å². The van der Waals surface area contributed by atoms with Gasteiger partial charge in [0.1, 0.15) is 0 Å². The van der Waals surface area contributed by atoms with Crippen LogP contribution in [-0.4, -0.2) is 50.3 Å². The Bertz CT molecular complexity index is 509. The molecule has 0 aromatic heterocycles. The van der Waals surface area contributed by atoms with Crippen LogP contribution in [0, 0.1) is 0 Å². The molecule has 0 atom stereocenters. The number of likely N-dealkylation sites (tertiary alicyclic amines) is 1. The summed E-state index contributed by atoms with van der Waals surface area (Å²) in [5.74, 6) is 1.09. The van der Waals surface area contributed by atoms with Gasteiger partial charge in [0.05, 0.1) is 6.54 Å². The third kappa shape index (κ3) is 4.63. The van der Waals surface area contributed by atoms with Crippen LogP contribution < -0.4 is 5.32 Å². The normalized spacial score (nSPS) is 20.5. The van der Waals surface area contributed by atoms with Crippen LogP contribution in [0.15, 0.2) is 35.3 Å². The van der Waals surface area contributed by atoms with Gasteiger partial charge in [-0.2, -0.15) is 0 Å². The number of guanidine groups is 1. The van der Waals surface area contributed by atoms with Gasteiger partial charge in [0.15, 0.2) is 5.96 Å². The number of benzene rings is 1. The molecule has 2 fully saturated rings. The lowest BCUT2D eigenvalue weighted by molar-refractivity contribution is 0.0530. The summed E-state index contributed by atoms with van der Waals surface area (Å²) in [7, 11) is 0. The number of hydrogen-bond acceptors (Lipinski definition) is 2. The highest BCUT2D eigenvalue weighted by Crippen LogP contribution is 2.35. The maximum atomic E-state index is 5.63. The number of rotatable bonds is 4. The Morgan fingerprint density at radius 2 is 1.83 bits per heavy atom. The van der Waals surface area contributed by atoms with Crippen molar-refractivity contribution < 1.29 is 4.74 Å². The standard InChI is InChI=1S/C19H29N3O.HI/c1-2-20-18(22-12-6-7-13-22)21-16-19(10-14-23-15-11-19)17-8-4-3-5-9-17;/h3-5,8-9H,2,6-7,10-16H2,1H3,(H,20,21);1H. The van der Waals surface area contributed by atoms with Crippen LogP contribution in [0.2, 0.25) is 0 Å². The van der Waals surface area contributed by atoms with Crippen LogP contribution in [0.25, 0.3) is 0 Å². The number of nitrogens with zero attached hydrogens (tertiary/aromatic N) is 2. The van der Waals surface area contributed by atoms with E-state index in [1.807, 2.05) is 0 Å². The number of hydrogen-bond donors (Lipinski definition) is 1. The minimum Gasteiger partial charge on any atom is -0.381 e. The topological polar surface area (TPSA) is 36.9 Å². The number of ether oxygens (including phenoxy) is 1. The van der Waals surface area contributed by atoms with Crippen molar-refractivity contribution in [3.63, 3.8) is 0 Å². The van der Waals surface area contributed by atoms with E-state index in [0.717, 1.165) is 58.2 Å². The van der Waals surface area contributed by atoms with E-state index in [1.54, 1.807) is 0 Å². The van der Waals surface area contributed by atoms with Crippen molar-refractivity contribution in [2.75, 3.05) is 39.4 Å². The van der Waals surface area contributed by atoms with Gasteiger partial charge in [-0.25, -0.2) is 0 Å². The Morgan fingerprint density at radius 3 is 2.46 bits per heavy atom. The van der Waals surface area contributed by atoms with Crippen LogP contribution in [0.3, 0.4) is 0 Å². The summed E-state index contributed by atoms with van der Waals surface area (Å²) < 4.78 is 5.63. The van der Waals surface area contributed by atoms with E-state index in [2.05, 4.69) is 47.5 Å². The second-order valence-corrected chi connectivity index (χ2v) is 6.62. The summed E-state index contributed by atoms with van der Waals surface area (Å²) in [6.07, 6.45) is 4.67. The molecular weight excluding hydrogens is 413 g/mol. The molecule has 0 bridgehead atoms. The van der Waals surface area contributed by atoms with Crippen LogP contribution in [0.4, 0.5) is 0 Å². The van der Waals surface area contributed by atoms with Crippen molar-refractivity contribution in [3.8, 4) is 0 Å². The highest BCUT2D eigenvalue weighted by Gasteiger charge is 2.34. The summed E-state index contributed by atoms with van der Waals surface area (Å²) in [4.78, 5) is 7.45. The van der Waals surface area contributed by atoms with Gasteiger partial charge in [-0.1, -0.05) is 30.3 Å². The molecule has 0 spiro atoms. The monoisotopic (exact) mass is 443 g/mol. The maximum absolute atomic E-state index is 5.63.